The van der Waals surface area contributed by atoms with Crippen LogP contribution in [0.3, 0.4) is 0 Å². The Morgan fingerprint density at radius 2 is 1.80 bits per heavy atom. The maximum Gasteiger partial charge on any atom is 0.342 e. The van der Waals surface area contributed by atoms with E-state index >= 15 is 0 Å². The van der Waals surface area contributed by atoms with Crippen LogP contribution in [0.1, 0.15) is 54.9 Å². The number of Topliss-reactive ketones (excluding diaryl/α,β-unsaturated/α-hetero) is 2. The minimum absolute atomic E-state index is 0.119. The highest BCUT2D eigenvalue weighted by molar-refractivity contribution is 6.04. The molecule has 0 saturated heterocycles. The molecule has 6 nitrogen and oxygen atoms in total. The van der Waals surface area contributed by atoms with Crippen LogP contribution in [0.25, 0.3) is 0 Å². The largest absolute Gasteiger partial charge is 0.496 e. The Labute approximate surface area is 146 Å². The molecule has 25 heavy (non-hydrogen) atoms. The molecule has 0 spiro atoms. The summed E-state index contributed by atoms with van der Waals surface area (Å²) in [6.07, 6.45) is 0. The van der Waals surface area contributed by atoms with Crippen LogP contribution in [0, 0.1) is 20.8 Å². The molecule has 2 aromatic rings. The number of ether oxygens (including phenoxy) is 2. The van der Waals surface area contributed by atoms with E-state index in [1.54, 1.807) is 26.0 Å². The van der Waals surface area contributed by atoms with Gasteiger partial charge in [-0.2, -0.15) is 0 Å². The topological polar surface area (TPSA) is 85.5 Å². The molecule has 0 radical (unpaired) electrons. The fourth-order valence-corrected chi connectivity index (χ4v) is 2.82. The van der Waals surface area contributed by atoms with Gasteiger partial charge in [-0.1, -0.05) is 11.6 Å². The first-order valence-electron chi connectivity index (χ1n) is 7.81. The molecule has 1 N–H and O–H groups in total. The third-order valence-electron chi connectivity index (χ3n) is 3.98. The number of aromatic nitrogens is 1. The highest BCUT2D eigenvalue weighted by atomic mass is 16.5. The lowest BCUT2D eigenvalue weighted by Crippen LogP contribution is -2.16. The zero-order chi connectivity index (χ0) is 18.7. The zero-order valence-electron chi connectivity index (χ0n) is 15.0. The van der Waals surface area contributed by atoms with Crippen LogP contribution < -0.4 is 4.74 Å². The van der Waals surface area contributed by atoms with Crippen molar-refractivity contribution in [2.75, 3.05) is 13.7 Å². The number of ketones is 2. The van der Waals surface area contributed by atoms with Crippen molar-refractivity contribution in [1.29, 1.82) is 0 Å². The predicted molar refractivity (Wildman–Crippen MR) is 92.6 cm³/mol. The average Bonchev–Trinajstić information content (AvgIpc) is 2.86. The normalized spacial score (nSPS) is 10.4. The third-order valence-corrected chi connectivity index (χ3v) is 3.98. The van der Waals surface area contributed by atoms with E-state index in [4.69, 9.17) is 9.47 Å². The summed E-state index contributed by atoms with van der Waals surface area (Å²) in [5, 5.41) is 0. The van der Waals surface area contributed by atoms with Crippen LogP contribution in [-0.2, 0) is 4.74 Å². The second kappa shape index (κ2) is 7.34. The molecule has 132 valence electrons. The number of H-pyrrole nitrogens is 1. The molecular formula is C19H21NO5. The minimum atomic E-state index is -0.637. The van der Waals surface area contributed by atoms with Gasteiger partial charge in [0, 0.05) is 11.3 Å². The Balaban J connectivity index is 2.16. The van der Waals surface area contributed by atoms with Gasteiger partial charge in [0.2, 0.25) is 5.78 Å². The molecule has 0 atom stereocenters. The molecule has 0 aliphatic carbocycles. The van der Waals surface area contributed by atoms with Gasteiger partial charge in [0.15, 0.2) is 12.4 Å². The van der Waals surface area contributed by atoms with Gasteiger partial charge >= 0.3 is 5.97 Å². The molecular weight excluding hydrogens is 322 g/mol. The van der Waals surface area contributed by atoms with Crippen molar-refractivity contribution in [2.24, 2.45) is 0 Å². The fourth-order valence-electron chi connectivity index (χ4n) is 2.82. The summed E-state index contributed by atoms with van der Waals surface area (Å²) in [4.78, 5) is 39.2. The second-order valence-corrected chi connectivity index (χ2v) is 5.88. The number of hydrogen-bond acceptors (Lipinski definition) is 5. The molecule has 0 saturated carbocycles. The van der Waals surface area contributed by atoms with Crippen LogP contribution >= 0.6 is 0 Å². The number of benzene rings is 1. The highest BCUT2D eigenvalue weighted by Crippen LogP contribution is 2.22. The van der Waals surface area contributed by atoms with Crippen LogP contribution in [0.5, 0.6) is 5.75 Å². The molecule has 0 fully saturated rings. The molecule has 6 heteroatoms. The summed E-state index contributed by atoms with van der Waals surface area (Å²) in [6, 6.07) is 5.13. The van der Waals surface area contributed by atoms with Crippen LogP contribution in [0.2, 0.25) is 0 Å². The number of aromatic amines is 1. The molecule has 0 aliphatic heterocycles. The minimum Gasteiger partial charge on any atom is -0.496 e. The van der Waals surface area contributed by atoms with E-state index in [0.717, 1.165) is 5.56 Å². The number of rotatable bonds is 6. The molecule has 0 unspecified atom stereocenters. The van der Waals surface area contributed by atoms with Crippen molar-refractivity contribution in [3.63, 3.8) is 0 Å². The van der Waals surface area contributed by atoms with E-state index in [2.05, 4.69) is 4.98 Å². The lowest BCUT2D eigenvalue weighted by molar-refractivity contribution is 0.0470. The Hall–Kier alpha value is -2.89. The predicted octanol–water partition coefficient (Wildman–Crippen LogP) is 3.19. The Morgan fingerprint density at radius 3 is 2.36 bits per heavy atom. The molecule has 1 aromatic heterocycles. The summed E-state index contributed by atoms with van der Waals surface area (Å²) in [6.45, 7) is 6.29. The lowest BCUT2D eigenvalue weighted by atomic mass is 10.1. The molecule has 2 rings (SSSR count). The Morgan fingerprint density at radius 1 is 1.12 bits per heavy atom. The second-order valence-electron chi connectivity index (χ2n) is 5.88. The first-order valence-corrected chi connectivity index (χ1v) is 7.81. The van der Waals surface area contributed by atoms with Crippen molar-refractivity contribution >= 4 is 17.5 Å². The van der Waals surface area contributed by atoms with Crippen molar-refractivity contribution in [3.05, 3.63) is 51.8 Å². The number of esters is 1. The van der Waals surface area contributed by atoms with Crippen molar-refractivity contribution < 1.29 is 23.9 Å². The number of nitrogens with one attached hydrogen (secondary N) is 1. The van der Waals surface area contributed by atoms with E-state index < -0.39 is 18.4 Å². The summed E-state index contributed by atoms with van der Waals surface area (Å²) in [5.74, 6) is -0.768. The smallest absolute Gasteiger partial charge is 0.342 e. The van der Waals surface area contributed by atoms with Crippen molar-refractivity contribution in [2.45, 2.75) is 27.7 Å². The fraction of sp³-hybridized carbons (Fsp3) is 0.316. The first kappa shape index (κ1) is 18.4. The van der Waals surface area contributed by atoms with Gasteiger partial charge in [0.1, 0.15) is 11.3 Å². The lowest BCUT2D eigenvalue weighted by Gasteiger charge is -2.09. The van der Waals surface area contributed by atoms with Crippen molar-refractivity contribution in [3.8, 4) is 5.75 Å². The number of aryl methyl sites for hydroxylation is 2. The van der Waals surface area contributed by atoms with Gasteiger partial charge < -0.3 is 14.5 Å². The summed E-state index contributed by atoms with van der Waals surface area (Å²) < 4.78 is 10.3. The highest BCUT2D eigenvalue weighted by Gasteiger charge is 2.22. The van der Waals surface area contributed by atoms with Gasteiger partial charge in [0.25, 0.3) is 0 Å². The number of hydrogen-bond donors (Lipinski definition) is 1. The van der Waals surface area contributed by atoms with Crippen molar-refractivity contribution in [1.82, 2.24) is 4.98 Å². The van der Waals surface area contributed by atoms with E-state index in [0.29, 0.717) is 22.6 Å². The molecule has 1 heterocycles. The molecule has 0 aliphatic rings. The maximum absolute atomic E-state index is 12.4. The van der Waals surface area contributed by atoms with Crippen LogP contribution in [0.15, 0.2) is 18.2 Å². The first-order chi connectivity index (χ1) is 11.8. The number of carbonyl (C=O) groups is 3. The number of carbonyl (C=O) groups excluding carboxylic acids is 3. The van der Waals surface area contributed by atoms with E-state index in [1.165, 1.54) is 14.0 Å². The standard InChI is InChI=1S/C19H21NO5/c1-10-6-7-16(24-5)14(8-10)19(23)25-9-15(22)18-11(2)17(13(4)21)12(3)20-18/h6-8,20H,9H2,1-5H3. The molecule has 1 aromatic carbocycles. The Bertz CT molecular complexity index is 848. The number of methoxy groups -OCH3 is 1. The quantitative estimate of drug-likeness (QED) is 0.643. The van der Waals surface area contributed by atoms with Gasteiger partial charge in [-0.05, 0) is 45.4 Å². The van der Waals surface area contributed by atoms with E-state index in [1.807, 2.05) is 13.0 Å². The van der Waals surface area contributed by atoms with Crippen LogP contribution in [0.4, 0.5) is 0 Å². The van der Waals surface area contributed by atoms with E-state index in [9.17, 15) is 14.4 Å². The summed E-state index contributed by atoms with van der Waals surface area (Å²) in [5.41, 5.74) is 3.11. The summed E-state index contributed by atoms with van der Waals surface area (Å²) >= 11 is 0. The zero-order valence-corrected chi connectivity index (χ0v) is 15.0. The van der Waals surface area contributed by atoms with E-state index in [-0.39, 0.29) is 17.0 Å². The molecule has 0 amide bonds. The van der Waals surface area contributed by atoms with Gasteiger partial charge in [-0.3, -0.25) is 9.59 Å². The summed E-state index contributed by atoms with van der Waals surface area (Å²) in [7, 11) is 1.46. The van der Waals surface area contributed by atoms with Gasteiger partial charge in [0.05, 0.1) is 12.8 Å². The van der Waals surface area contributed by atoms with Gasteiger partial charge in [-0.25, -0.2) is 4.79 Å². The molecule has 0 bridgehead atoms. The average molecular weight is 343 g/mol. The van der Waals surface area contributed by atoms with Crippen LogP contribution in [-0.4, -0.2) is 36.2 Å². The third kappa shape index (κ3) is 3.79. The maximum atomic E-state index is 12.4. The monoisotopic (exact) mass is 343 g/mol. The SMILES string of the molecule is COc1ccc(C)cc1C(=O)OCC(=O)c1[nH]c(C)c(C(C)=O)c1C. The Kier molecular flexibility index (Phi) is 5.41. The van der Waals surface area contributed by atoms with Gasteiger partial charge in [-0.15, -0.1) is 0 Å².